The number of benzene rings is 2. The number of rotatable bonds is 8. The molecule has 3 N–H and O–H groups in total. The molecule has 2 aromatic carbocycles. The lowest BCUT2D eigenvalue weighted by Crippen LogP contribution is -2.03. The van der Waals surface area contributed by atoms with Crippen LogP contribution in [0.3, 0.4) is 0 Å². The van der Waals surface area contributed by atoms with Gasteiger partial charge in [0.2, 0.25) is 5.95 Å². The Morgan fingerprint density at radius 2 is 1.75 bits per heavy atom. The SMILES string of the molecule is COc1ccc(OC)c(Nc2ncc(Br)c(Nc3ccccc3NSC)n2)c1. The van der Waals surface area contributed by atoms with Gasteiger partial charge >= 0.3 is 0 Å². The maximum atomic E-state index is 5.40. The average Bonchev–Trinajstić information content (AvgIpc) is 2.72. The number of aromatic nitrogens is 2. The highest BCUT2D eigenvalue weighted by atomic mass is 79.9. The molecule has 0 saturated carbocycles. The molecule has 0 atom stereocenters. The minimum Gasteiger partial charge on any atom is -0.497 e. The molecule has 0 aliphatic carbocycles. The first-order valence-corrected chi connectivity index (χ1v) is 10.3. The van der Waals surface area contributed by atoms with Gasteiger partial charge < -0.3 is 24.8 Å². The summed E-state index contributed by atoms with van der Waals surface area (Å²) in [5.41, 5.74) is 2.57. The van der Waals surface area contributed by atoms with Gasteiger partial charge in [-0.05, 0) is 40.2 Å². The van der Waals surface area contributed by atoms with Gasteiger partial charge in [0.25, 0.3) is 0 Å². The van der Waals surface area contributed by atoms with Crippen LogP contribution in [0.4, 0.5) is 28.8 Å². The highest BCUT2D eigenvalue weighted by Gasteiger charge is 2.11. The summed E-state index contributed by atoms with van der Waals surface area (Å²) in [5.74, 6) is 2.43. The lowest BCUT2D eigenvalue weighted by atomic mass is 10.2. The fourth-order valence-electron chi connectivity index (χ4n) is 2.47. The van der Waals surface area contributed by atoms with Crippen molar-refractivity contribution in [3.8, 4) is 11.5 Å². The second-order valence-corrected chi connectivity index (χ2v) is 7.02. The smallest absolute Gasteiger partial charge is 0.229 e. The number of halogens is 1. The van der Waals surface area contributed by atoms with Crippen LogP contribution in [0.15, 0.2) is 53.1 Å². The van der Waals surface area contributed by atoms with E-state index in [0.29, 0.717) is 29.0 Å². The van der Waals surface area contributed by atoms with Gasteiger partial charge in [0.15, 0.2) is 0 Å². The van der Waals surface area contributed by atoms with Crippen molar-refractivity contribution in [3.63, 3.8) is 0 Å². The van der Waals surface area contributed by atoms with E-state index in [9.17, 15) is 0 Å². The molecule has 3 rings (SSSR count). The molecule has 0 saturated heterocycles. The summed E-state index contributed by atoms with van der Waals surface area (Å²) < 4.78 is 14.7. The number of nitrogens with one attached hydrogen (secondary N) is 3. The summed E-state index contributed by atoms with van der Waals surface area (Å²) in [5, 5.41) is 6.52. The molecule has 0 bridgehead atoms. The Hall–Kier alpha value is -2.65. The molecule has 28 heavy (non-hydrogen) atoms. The van der Waals surface area contributed by atoms with Crippen LogP contribution in [-0.4, -0.2) is 30.4 Å². The van der Waals surface area contributed by atoms with Crippen molar-refractivity contribution in [1.29, 1.82) is 0 Å². The number of methoxy groups -OCH3 is 2. The Balaban J connectivity index is 1.89. The Bertz CT molecular complexity index is 957. The van der Waals surface area contributed by atoms with Crippen molar-refractivity contribution in [1.82, 2.24) is 9.97 Å². The van der Waals surface area contributed by atoms with Crippen LogP contribution < -0.4 is 24.8 Å². The third-order valence-electron chi connectivity index (χ3n) is 3.79. The number of hydrogen-bond donors (Lipinski definition) is 3. The Morgan fingerprint density at radius 3 is 2.46 bits per heavy atom. The maximum Gasteiger partial charge on any atom is 0.229 e. The van der Waals surface area contributed by atoms with Crippen molar-refractivity contribution in [2.75, 3.05) is 35.8 Å². The highest BCUT2D eigenvalue weighted by molar-refractivity contribution is 9.10. The van der Waals surface area contributed by atoms with Crippen LogP contribution in [0.1, 0.15) is 0 Å². The molecule has 0 unspecified atom stereocenters. The number of hydrogen-bond acceptors (Lipinski definition) is 8. The van der Waals surface area contributed by atoms with Crippen LogP contribution in [-0.2, 0) is 0 Å². The zero-order valence-electron chi connectivity index (χ0n) is 15.6. The van der Waals surface area contributed by atoms with Crippen LogP contribution in [0, 0.1) is 0 Å². The van der Waals surface area contributed by atoms with E-state index in [1.54, 1.807) is 20.4 Å². The molecule has 1 heterocycles. The first kappa shape index (κ1) is 20.1. The second-order valence-electron chi connectivity index (χ2n) is 5.56. The predicted molar refractivity (Wildman–Crippen MR) is 119 cm³/mol. The third-order valence-corrected chi connectivity index (χ3v) is 4.79. The molecule has 0 fully saturated rings. The van der Waals surface area contributed by atoms with Gasteiger partial charge in [-0.3, -0.25) is 0 Å². The summed E-state index contributed by atoms with van der Waals surface area (Å²) in [7, 11) is 3.22. The lowest BCUT2D eigenvalue weighted by Gasteiger charge is -2.15. The van der Waals surface area contributed by atoms with Crippen molar-refractivity contribution in [2.24, 2.45) is 0 Å². The third kappa shape index (κ3) is 4.79. The van der Waals surface area contributed by atoms with Gasteiger partial charge in [0.05, 0.1) is 35.8 Å². The number of para-hydroxylation sites is 2. The quantitative estimate of drug-likeness (QED) is 0.383. The summed E-state index contributed by atoms with van der Waals surface area (Å²) in [4.78, 5) is 8.92. The monoisotopic (exact) mass is 461 g/mol. The summed E-state index contributed by atoms with van der Waals surface area (Å²) >= 11 is 5.03. The average molecular weight is 462 g/mol. The van der Waals surface area contributed by atoms with Crippen molar-refractivity contribution in [3.05, 3.63) is 53.1 Å². The molecule has 0 radical (unpaired) electrons. The first-order chi connectivity index (χ1) is 13.6. The van der Waals surface area contributed by atoms with Gasteiger partial charge in [0.1, 0.15) is 17.3 Å². The van der Waals surface area contributed by atoms with E-state index in [2.05, 4.69) is 41.3 Å². The normalized spacial score (nSPS) is 10.3. The van der Waals surface area contributed by atoms with E-state index < -0.39 is 0 Å². The molecule has 146 valence electrons. The minimum atomic E-state index is 0.424. The topological polar surface area (TPSA) is 80.3 Å². The lowest BCUT2D eigenvalue weighted by molar-refractivity contribution is 0.405. The van der Waals surface area contributed by atoms with Crippen LogP contribution >= 0.6 is 27.9 Å². The van der Waals surface area contributed by atoms with Crippen molar-refractivity contribution < 1.29 is 9.47 Å². The van der Waals surface area contributed by atoms with E-state index >= 15 is 0 Å². The van der Waals surface area contributed by atoms with Crippen molar-refractivity contribution in [2.45, 2.75) is 0 Å². The second kappa shape index (κ2) is 9.52. The van der Waals surface area contributed by atoms with Crippen LogP contribution in [0.25, 0.3) is 0 Å². The highest BCUT2D eigenvalue weighted by Crippen LogP contribution is 2.33. The summed E-state index contributed by atoms with van der Waals surface area (Å²) in [6, 6.07) is 13.4. The molecule has 1 aromatic heterocycles. The minimum absolute atomic E-state index is 0.424. The summed E-state index contributed by atoms with van der Waals surface area (Å²) in [6.07, 6.45) is 3.66. The Morgan fingerprint density at radius 1 is 0.964 bits per heavy atom. The number of ether oxygens (including phenoxy) is 2. The predicted octanol–water partition coefficient (Wildman–Crippen LogP) is 5.43. The fourth-order valence-corrected chi connectivity index (χ4v) is 3.15. The zero-order chi connectivity index (χ0) is 19.9. The molecule has 0 aliphatic heterocycles. The van der Waals surface area contributed by atoms with Gasteiger partial charge in [-0.25, -0.2) is 4.98 Å². The van der Waals surface area contributed by atoms with E-state index in [1.165, 1.54) is 11.9 Å². The molecular formula is C19H20BrN5O2S. The Kier molecular flexibility index (Phi) is 6.83. The van der Waals surface area contributed by atoms with E-state index in [4.69, 9.17) is 9.47 Å². The van der Waals surface area contributed by atoms with E-state index in [-0.39, 0.29) is 0 Å². The molecule has 9 heteroatoms. The number of nitrogens with zero attached hydrogens (tertiary/aromatic N) is 2. The van der Waals surface area contributed by atoms with Crippen LogP contribution in [0.5, 0.6) is 11.5 Å². The standard InChI is InChI=1S/C19H20BrN5O2S/c1-26-12-8-9-17(27-2)16(10-12)23-19-21-11-13(20)18(24-19)22-14-6-4-5-7-15(14)25-28-3/h4-11,25H,1-3H3,(H2,21,22,23,24). The van der Waals surface area contributed by atoms with Gasteiger partial charge in [-0.1, -0.05) is 24.1 Å². The zero-order valence-corrected chi connectivity index (χ0v) is 18.0. The first-order valence-electron chi connectivity index (χ1n) is 8.31. The van der Waals surface area contributed by atoms with Gasteiger partial charge in [-0.2, -0.15) is 4.98 Å². The molecular weight excluding hydrogens is 442 g/mol. The van der Waals surface area contributed by atoms with Crippen LogP contribution in [0.2, 0.25) is 0 Å². The molecule has 0 amide bonds. The fraction of sp³-hybridized carbons (Fsp3) is 0.158. The largest absolute Gasteiger partial charge is 0.497 e. The van der Waals surface area contributed by atoms with Crippen molar-refractivity contribution >= 4 is 56.7 Å². The summed E-state index contributed by atoms with van der Waals surface area (Å²) in [6.45, 7) is 0. The Labute approximate surface area is 176 Å². The molecule has 7 nitrogen and oxygen atoms in total. The molecule has 0 spiro atoms. The van der Waals surface area contributed by atoms with Gasteiger partial charge in [0, 0.05) is 18.5 Å². The maximum absolute atomic E-state index is 5.40. The molecule has 3 aromatic rings. The number of anilines is 5. The van der Waals surface area contributed by atoms with E-state index in [1.807, 2.05) is 48.7 Å². The van der Waals surface area contributed by atoms with E-state index in [0.717, 1.165) is 15.8 Å². The van der Waals surface area contributed by atoms with Gasteiger partial charge in [-0.15, -0.1) is 0 Å². The molecule has 0 aliphatic rings.